The van der Waals surface area contributed by atoms with Crippen LogP contribution in [0.15, 0.2) is 47.4 Å². The third-order valence-corrected chi connectivity index (χ3v) is 4.46. The maximum Gasteiger partial charge on any atom is 0.225 e. The predicted octanol–water partition coefficient (Wildman–Crippen LogP) is 4.70. The van der Waals surface area contributed by atoms with Gasteiger partial charge in [0.2, 0.25) is 5.91 Å². The molecular weight excluding hydrogens is 327 g/mol. The minimum atomic E-state index is -0.0690. The van der Waals surface area contributed by atoms with Crippen LogP contribution in [0.5, 0.6) is 0 Å². The molecule has 0 aromatic heterocycles. The first-order chi connectivity index (χ1) is 10.1. The van der Waals surface area contributed by atoms with E-state index in [1.807, 2.05) is 18.2 Å². The van der Waals surface area contributed by atoms with Gasteiger partial charge in [-0.15, -0.1) is 11.8 Å². The quantitative estimate of drug-likeness (QED) is 0.612. The van der Waals surface area contributed by atoms with Gasteiger partial charge in [0, 0.05) is 17.1 Å². The molecule has 2 rings (SSSR count). The molecule has 0 radical (unpaired) electrons. The molecule has 0 heterocycles. The van der Waals surface area contributed by atoms with Gasteiger partial charge < -0.3 is 11.1 Å². The van der Waals surface area contributed by atoms with E-state index in [0.29, 0.717) is 33.6 Å². The van der Waals surface area contributed by atoms with Gasteiger partial charge in [0.25, 0.3) is 0 Å². The Bertz CT molecular complexity index is 649. The van der Waals surface area contributed by atoms with E-state index >= 15 is 0 Å². The Morgan fingerprint density at radius 2 is 1.90 bits per heavy atom. The van der Waals surface area contributed by atoms with Crippen molar-refractivity contribution in [3.05, 3.63) is 52.5 Å². The van der Waals surface area contributed by atoms with E-state index in [1.54, 1.807) is 36.0 Å². The summed E-state index contributed by atoms with van der Waals surface area (Å²) in [6, 6.07) is 12.6. The molecule has 0 atom stereocenters. The number of hydrogen-bond acceptors (Lipinski definition) is 3. The van der Waals surface area contributed by atoms with Crippen molar-refractivity contribution < 1.29 is 4.79 Å². The fourth-order valence-electron chi connectivity index (χ4n) is 1.65. The van der Waals surface area contributed by atoms with E-state index < -0.39 is 0 Å². The van der Waals surface area contributed by atoms with E-state index in [-0.39, 0.29) is 5.91 Å². The number of halogens is 2. The van der Waals surface area contributed by atoms with Gasteiger partial charge in [-0.2, -0.15) is 0 Å². The lowest BCUT2D eigenvalue weighted by molar-refractivity contribution is -0.115. The highest BCUT2D eigenvalue weighted by molar-refractivity contribution is 7.99. The number of hydrogen-bond donors (Lipinski definition) is 2. The van der Waals surface area contributed by atoms with Crippen LogP contribution < -0.4 is 11.1 Å². The zero-order chi connectivity index (χ0) is 15.2. The molecule has 0 spiro atoms. The smallest absolute Gasteiger partial charge is 0.225 e. The van der Waals surface area contributed by atoms with Crippen LogP contribution in [-0.2, 0) is 4.79 Å². The maximum atomic E-state index is 11.8. The Labute approximate surface area is 137 Å². The van der Waals surface area contributed by atoms with Gasteiger partial charge in [0.15, 0.2) is 0 Å². The summed E-state index contributed by atoms with van der Waals surface area (Å²) in [4.78, 5) is 12.8. The number of anilines is 2. The second-order valence-corrected chi connectivity index (χ2v) is 6.29. The first-order valence-electron chi connectivity index (χ1n) is 6.28. The lowest BCUT2D eigenvalue weighted by Crippen LogP contribution is -2.13. The molecule has 0 aliphatic heterocycles. The largest absolute Gasteiger partial charge is 0.397 e. The molecule has 21 heavy (non-hydrogen) atoms. The summed E-state index contributed by atoms with van der Waals surface area (Å²) in [5, 5.41) is 3.84. The number of amides is 1. The Morgan fingerprint density at radius 1 is 1.14 bits per heavy atom. The zero-order valence-corrected chi connectivity index (χ0v) is 13.4. The van der Waals surface area contributed by atoms with Gasteiger partial charge in [-0.1, -0.05) is 35.3 Å². The minimum Gasteiger partial charge on any atom is -0.397 e. The third-order valence-electron chi connectivity index (χ3n) is 2.72. The number of nitrogen functional groups attached to an aromatic ring is 1. The van der Waals surface area contributed by atoms with Crippen LogP contribution in [0.4, 0.5) is 11.4 Å². The van der Waals surface area contributed by atoms with E-state index in [4.69, 9.17) is 28.9 Å². The molecule has 2 aromatic carbocycles. The fourth-order valence-corrected chi connectivity index (χ4v) is 2.90. The molecule has 0 bridgehead atoms. The molecular formula is C15H14Cl2N2OS. The number of para-hydroxylation sites is 2. The Kier molecular flexibility index (Phi) is 5.79. The van der Waals surface area contributed by atoms with Crippen molar-refractivity contribution in [2.75, 3.05) is 16.8 Å². The van der Waals surface area contributed by atoms with Crippen LogP contribution >= 0.6 is 35.0 Å². The van der Waals surface area contributed by atoms with Crippen molar-refractivity contribution in [1.29, 1.82) is 0 Å². The van der Waals surface area contributed by atoms with Crippen LogP contribution in [0.1, 0.15) is 6.42 Å². The predicted molar refractivity (Wildman–Crippen MR) is 91.3 cm³/mol. The number of carbonyl (C=O) groups is 1. The van der Waals surface area contributed by atoms with Gasteiger partial charge >= 0.3 is 0 Å². The highest BCUT2D eigenvalue weighted by Gasteiger charge is 2.06. The summed E-state index contributed by atoms with van der Waals surface area (Å²) < 4.78 is 0. The van der Waals surface area contributed by atoms with Gasteiger partial charge in [-0.25, -0.2) is 0 Å². The molecule has 0 aliphatic carbocycles. The Hall–Kier alpha value is -1.36. The van der Waals surface area contributed by atoms with Gasteiger partial charge in [-0.05, 0) is 30.3 Å². The maximum absolute atomic E-state index is 11.8. The highest BCUT2D eigenvalue weighted by atomic mass is 35.5. The van der Waals surface area contributed by atoms with Crippen LogP contribution in [-0.4, -0.2) is 11.7 Å². The SMILES string of the molecule is Nc1ccccc1NC(=O)CCSc1ccc(Cl)c(Cl)c1. The second-order valence-electron chi connectivity index (χ2n) is 4.31. The monoisotopic (exact) mass is 340 g/mol. The number of carbonyl (C=O) groups excluding carboxylic acids is 1. The molecule has 2 aromatic rings. The van der Waals surface area contributed by atoms with Crippen LogP contribution in [0.3, 0.4) is 0 Å². The van der Waals surface area contributed by atoms with Crippen molar-refractivity contribution in [1.82, 2.24) is 0 Å². The third kappa shape index (κ3) is 4.84. The average molecular weight is 341 g/mol. The standard InChI is InChI=1S/C15H14Cl2N2OS/c16-11-6-5-10(9-12(11)17)21-8-7-15(20)19-14-4-2-1-3-13(14)18/h1-6,9H,7-8,18H2,(H,19,20). The molecule has 3 nitrogen and oxygen atoms in total. The summed E-state index contributed by atoms with van der Waals surface area (Å²) in [6.45, 7) is 0. The number of thioether (sulfide) groups is 1. The van der Waals surface area contributed by atoms with E-state index in [9.17, 15) is 4.79 Å². The molecule has 110 valence electrons. The van der Waals surface area contributed by atoms with Crippen molar-refractivity contribution >= 4 is 52.2 Å². The molecule has 0 saturated carbocycles. The van der Waals surface area contributed by atoms with Gasteiger partial charge in [0.1, 0.15) is 0 Å². The number of benzene rings is 2. The van der Waals surface area contributed by atoms with Gasteiger partial charge in [0.05, 0.1) is 21.4 Å². The molecule has 0 saturated heterocycles. The topological polar surface area (TPSA) is 55.1 Å². The number of nitrogens with one attached hydrogen (secondary N) is 1. The van der Waals surface area contributed by atoms with Crippen molar-refractivity contribution in [3.63, 3.8) is 0 Å². The fraction of sp³-hybridized carbons (Fsp3) is 0.133. The summed E-state index contributed by atoms with van der Waals surface area (Å²) in [7, 11) is 0. The minimum absolute atomic E-state index is 0.0690. The molecule has 3 N–H and O–H groups in total. The van der Waals surface area contributed by atoms with Crippen molar-refractivity contribution in [2.24, 2.45) is 0 Å². The summed E-state index contributed by atoms with van der Waals surface area (Å²) in [5.41, 5.74) is 6.97. The van der Waals surface area contributed by atoms with E-state index in [2.05, 4.69) is 5.32 Å². The van der Waals surface area contributed by atoms with Crippen LogP contribution in [0.2, 0.25) is 10.0 Å². The average Bonchev–Trinajstić information content (AvgIpc) is 2.45. The molecule has 1 amide bonds. The zero-order valence-electron chi connectivity index (χ0n) is 11.1. The highest BCUT2D eigenvalue weighted by Crippen LogP contribution is 2.28. The Morgan fingerprint density at radius 3 is 2.62 bits per heavy atom. The first-order valence-corrected chi connectivity index (χ1v) is 8.02. The summed E-state index contributed by atoms with van der Waals surface area (Å²) >= 11 is 13.3. The lowest BCUT2D eigenvalue weighted by atomic mass is 10.2. The van der Waals surface area contributed by atoms with E-state index in [0.717, 1.165) is 4.90 Å². The first kappa shape index (κ1) is 16.0. The lowest BCUT2D eigenvalue weighted by Gasteiger charge is -2.08. The van der Waals surface area contributed by atoms with Crippen molar-refractivity contribution in [3.8, 4) is 0 Å². The number of nitrogens with two attached hydrogens (primary N) is 1. The summed E-state index contributed by atoms with van der Waals surface area (Å²) in [5.74, 6) is 0.580. The molecule has 6 heteroatoms. The summed E-state index contributed by atoms with van der Waals surface area (Å²) in [6.07, 6.45) is 0.388. The van der Waals surface area contributed by atoms with Crippen LogP contribution in [0, 0.1) is 0 Å². The van der Waals surface area contributed by atoms with Crippen LogP contribution in [0.25, 0.3) is 0 Å². The molecule has 0 unspecified atom stereocenters. The Balaban J connectivity index is 1.82. The molecule has 0 fully saturated rings. The number of rotatable bonds is 5. The normalized spacial score (nSPS) is 10.4. The second kappa shape index (κ2) is 7.59. The molecule has 0 aliphatic rings. The van der Waals surface area contributed by atoms with Crippen molar-refractivity contribution in [2.45, 2.75) is 11.3 Å². The van der Waals surface area contributed by atoms with E-state index in [1.165, 1.54) is 0 Å². The van der Waals surface area contributed by atoms with Gasteiger partial charge in [-0.3, -0.25) is 4.79 Å².